The van der Waals surface area contributed by atoms with Gasteiger partial charge >= 0.3 is 0 Å². The molecule has 0 N–H and O–H groups in total. The van der Waals surface area contributed by atoms with Crippen molar-refractivity contribution in [1.82, 2.24) is 0 Å². The molecule has 0 saturated heterocycles. The van der Waals surface area contributed by atoms with Gasteiger partial charge in [0.1, 0.15) is 6.29 Å². The molecule has 0 heterocycles. The monoisotopic (exact) mass is 150 g/mol. The summed E-state index contributed by atoms with van der Waals surface area (Å²) in [4.78, 5) is 10.9. The third-order valence-corrected chi connectivity index (χ3v) is 3.67. The molecule has 2 bridgehead atoms. The summed E-state index contributed by atoms with van der Waals surface area (Å²) < 4.78 is 0. The zero-order chi connectivity index (χ0) is 8.11. The minimum atomic E-state index is -0.0770. The van der Waals surface area contributed by atoms with Crippen LogP contribution in [0.25, 0.3) is 0 Å². The first-order chi connectivity index (χ1) is 5.10. The van der Waals surface area contributed by atoms with E-state index in [0.29, 0.717) is 5.92 Å². The fraction of sp³-hybridized carbons (Fsp3) is 0.700. The molecular weight excluding hydrogens is 136 g/mol. The number of carbonyl (C=O) groups excluding carboxylic acids is 1. The van der Waals surface area contributed by atoms with E-state index in [2.05, 4.69) is 26.0 Å². The molecule has 0 aromatic heterocycles. The second-order valence-corrected chi connectivity index (χ2v) is 4.48. The summed E-state index contributed by atoms with van der Waals surface area (Å²) in [5, 5.41) is 0. The molecule has 0 spiro atoms. The summed E-state index contributed by atoms with van der Waals surface area (Å²) in [7, 11) is 0. The van der Waals surface area contributed by atoms with Gasteiger partial charge in [0.05, 0.1) is 0 Å². The SMILES string of the molecule is CC1(C=O)CC2C=CC1(C)C2. The zero-order valence-electron chi connectivity index (χ0n) is 7.13. The van der Waals surface area contributed by atoms with Gasteiger partial charge in [-0.15, -0.1) is 0 Å². The summed E-state index contributed by atoms with van der Waals surface area (Å²) in [6.07, 6.45) is 7.89. The zero-order valence-corrected chi connectivity index (χ0v) is 7.13. The van der Waals surface area contributed by atoms with Crippen molar-refractivity contribution in [3.63, 3.8) is 0 Å². The molecule has 1 heteroatoms. The normalized spacial score (nSPS) is 53.5. The molecule has 11 heavy (non-hydrogen) atoms. The van der Waals surface area contributed by atoms with Crippen LogP contribution in [-0.4, -0.2) is 6.29 Å². The number of rotatable bonds is 1. The van der Waals surface area contributed by atoms with Crippen LogP contribution in [0.1, 0.15) is 26.7 Å². The highest BCUT2D eigenvalue weighted by molar-refractivity contribution is 5.63. The smallest absolute Gasteiger partial charge is 0.126 e. The van der Waals surface area contributed by atoms with E-state index in [1.807, 2.05) is 0 Å². The van der Waals surface area contributed by atoms with E-state index >= 15 is 0 Å². The summed E-state index contributed by atoms with van der Waals surface area (Å²) >= 11 is 0. The summed E-state index contributed by atoms with van der Waals surface area (Å²) in [6, 6.07) is 0. The molecule has 0 radical (unpaired) electrons. The number of aldehydes is 1. The van der Waals surface area contributed by atoms with Crippen LogP contribution < -0.4 is 0 Å². The van der Waals surface area contributed by atoms with Crippen molar-refractivity contribution in [2.75, 3.05) is 0 Å². The Hall–Kier alpha value is -0.590. The Balaban J connectivity index is 2.42. The van der Waals surface area contributed by atoms with Gasteiger partial charge in [-0.25, -0.2) is 0 Å². The van der Waals surface area contributed by atoms with E-state index in [0.717, 1.165) is 12.7 Å². The largest absolute Gasteiger partial charge is 0.303 e. The highest BCUT2D eigenvalue weighted by Crippen LogP contribution is 2.59. The molecular formula is C10H14O. The fourth-order valence-corrected chi connectivity index (χ4v) is 2.55. The Morgan fingerprint density at radius 2 is 2.18 bits per heavy atom. The molecule has 0 aromatic rings. The van der Waals surface area contributed by atoms with Crippen LogP contribution in [0.5, 0.6) is 0 Å². The van der Waals surface area contributed by atoms with Crippen molar-refractivity contribution in [3.8, 4) is 0 Å². The van der Waals surface area contributed by atoms with Crippen LogP contribution in [0.2, 0.25) is 0 Å². The van der Waals surface area contributed by atoms with Crippen molar-refractivity contribution in [2.24, 2.45) is 16.7 Å². The van der Waals surface area contributed by atoms with Gasteiger partial charge in [0.15, 0.2) is 0 Å². The number of carbonyl (C=O) groups is 1. The van der Waals surface area contributed by atoms with Gasteiger partial charge in [-0.2, -0.15) is 0 Å². The number of allylic oxidation sites excluding steroid dienone is 2. The molecule has 0 aliphatic heterocycles. The number of hydrogen-bond acceptors (Lipinski definition) is 1. The first kappa shape index (κ1) is 7.08. The predicted octanol–water partition coefficient (Wildman–Crippen LogP) is 2.18. The van der Waals surface area contributed by atoms with Crippen LogP contribution in [0, 0.1) is 16.7 Å². The van der Waals surface area contributed by atoms with Crippen LogP contribution in [0.4, 0.5) is 0 Å². The molecule has 60 valence electrons. The average molecular weight is 150 g/mol. The molecule has 1 nitrogen and oxygen atoms in total. The van der Waals surface area contributed by atoms with Gasteiger partial charge in [0, 0.05) is 5.41 Å². The molecule has 3 atom stereocenters. The fourth-order valence-electron chi connectivity index (χ4n) is 2.55. The highest BCUT2D eigenvalue weighted by Gasteiger charge is 2.53. The van der Waals surface area contributed by atoms with E-state index in [4.69, 9.17) is 0 Å². The summed E-state index contributed by atoms with van der Waals surface area (Å²) in [5.41, 5.74) is 0.0891. The second-order valence-electron chi connectivity index (χ2n) is 4.48. The Bertz CT molecular complexity index is 229. The second kappa shape index (κ2) is 1.77. The minimum Gasteiger partial charge on any atom is -0.303 e. The van der Waals surface area contributed by atoms with Crippen molar-refractivity contribution < 1.29 is 4.79 Å². The maximum atomic E-state index is 10.9. The van der Waals surface area contributed by atoms with Crippen molar-refractivity contribution >= 4 is 6.29 Å². The molecule has 2 aliphatic carbocycles. The third kappa shape index (κ3) is 0.688. The first-order valence-electron chi connectivity index (χ1n) is 4.25. The maximum absolute atomic E-state index is 10.9. The van der Waals surface area contributed by atoms with E-state index in [9.17, 15) is 4.79 Å². The lowest BCUT2D eigenvalue weighted by molar-refractivity contribution is -0.118. The molecule has 1 saturated carbocycles. The van der Waals surface area contributed by atoms with Crippen LogP contribution in [0.3, 0.4) is 0 Å². The van der Waals surface area contributed by atoms with Gasteiger partial charge < -0.3 is 4.79 Å². The Morgan fingerprint density at radius 1 is 1.45 bits per heavy atom. The van der Waals surface area contributed by atoms with Gasteiger partial charge in [0.2, 0.25) is 0 Å². The standard InChI is InChI=1S/C10H14O/c1-9-4-3-8(5-9)6-10(9,2)7-11/h3-4,7-8H,5-6H2,1-2H3. The number of fused-ring (bicyclic) bond motifs is 2. The van der Waals surface area contributed by atoms with Crippen molar-refractivity contribution in [2.45, 2.75) is 26.7 Å². The Morgan fingerprint density at radius 3 is 2.45 bits per heavy atom. The van der Waals surface area contributed by atoms with Crippen LogP contribution in [0.15, 0.2) is 12.2 Å². The lowest BCUT2D eigenvalue weighted by Crippen LogP contribution is -2.32. The lowest BCUT2D eigenvalue weighted by atomic mass is 9.68. The first-order valence-corrected chi connectivity index (χ1v) is 4.25. The molecule has 1 fully saturated rings. The molecule has 3 unspecified atom stereocenters. The van der Waals surface area contributed by atoms with Crippen molar-refractivity contribution in [3.05, 3.63) is 12.2 Å². The highest BCUT2D eigenvalue weighted by atomic mass is 16.1. The Kier molecular flexibility index (Phi) is 1.14. The quantitative estimate of drug-likeness (QED) is 0.413. The molecule has 0 amide bonds. The van der Waals surface area contributed by atoms with E-state index in [1.165, 1.54) is 6.42 Å². The van der Waals surface area contributed by atoms with Gasteiger partial charge in [0.25, 0.3) is 0 Å². The molecule has 2 rings (SSSR count). The lowest BCUT2D eigenvalue weighted by Gasteiger charge is -2.34. The van der Waals surface area contributed by atoms with Crippen LogP contribution >= 0.6 is 0 Å². The van der Waals surface area contributed by atoms with Gasteiger partial charge in [-0.05, 0) is 24.2 Å². The van der Waals surface area contributed by atoms with E-state index in [1.54, 1.807) is 0 Å². The third-order valence-electron chi connectivity index (χ3n) is 3.67. The van der Waals surface area contributed by atoms with E-state index in [-0.39, 0.29) is 10.8 Å². The Labute approximate surface area is 67.5 Å². The van der Waals surface area contributed by atoms with E-state index < -0.39 is 0 Å². The van der Waals surface area contributed by atoms with Gasteiger partial charge in [-0.3, -0.25) is 0 Å². The molecule has 0 aromatic carbocycles. The van der Waals surface area contributed by atoms with Crippen molar-refractivity contribution in [1.29, 1.82) is 0 Å². The van der Waals surface area contributed by atoms with Gasteiger partial charge in [-0.1, -0.05) is 26.0 Å². The average Bonchev–Trinajstić information content (AvgIpc) is 2.42. The maximum Gasteiger partial charge on any atom is 0.126 e. The summed E-state index contributed by atoms with van der Waals surface area (Å²) in [5.74, 6) is 0.676. The topological polar surface area (TPSA) is 17.1 Å². The number of hydrogen-bond donors (Lipinski definition) is 0. The minimum absolute atomic E-state index is 0.0770. The predicted molar refractivity (Wildman–Crippen MR) is 44.1 cm³/mol. The van der Waals surface area contributed by atoms with Crippen LogP contribution in [-0.2, 0) is 4.79 Å². The molecule has 2 aliphatic rings. The summed E-state index contributed by atoms with van der Waals surface area (Å²) in [6.45, 7) is 4.29.